The summed E-state index contributed by atoms with van der Waals surface area (Å²) >= 11 is 1.51. The Balaban J connectivity index is 1.15. The molecule has 0 spiro atoms. The summed E-state index contributed by atoms with van der Waals surface area (Å²) in [6.45, 7) is 6.35. The Hall–Kier alpha value is -3.48. The first-order valence-corrected chi connectivity index (χ1v) is 14.5. The lowest BCUT2D eigenvalue weighted by molar-refractivity contribution is -0.137. The first-order chi connectivity index (χ1) is 19.7. The van der Waals surface area contributed by atoms with Gasteiger partial charge in [-0.3, -0.25) is 14.4 Å². The van der Waals surface area contributed by atoms with Crippen LogP contribution in [0.5, 0.6) is 0 Å². The Labute approximate surface area is 239 Å². The number of hydrogen-bond donors (Lipinski definition) is 1. The molecule has 2 aromatic heterocycles. The van der Waals surface area contributed by atoms with Crippen LogP contribution in [0.4, 0.5) is 19.0 Å². The second kappa shape index (κ2) is 11.1. The molecule has 4 aromatic rings. The molecule has 1 atom stereocenters. The van der Waals surface area contributed by atoms with Gasteiger partial charge in [0.1, 0.15) is 5.82 Å². The van der Waals surface area contributed by atoms with Gasteiger partial charge in [-0.05, 0) is 35.8 Å². The number of nitrogens with zero attached hydrogens (tertiary/aromatic N) is 6. The molecular formula is C29H31F3N6O2S. The third kappa shape index (κ3) is 5.68. The van der Waals surface area contributed by atoms with Crippen molar-refractivity contribution in [1.29, 1.82) is 0 Å². The zero-order chi connectivity index (χ0) is 28.7. The predicted octanol–water partition coefficient (Wildman–Crippen LogP) is 4.27. The highest BCUT2D eigenvalue weighted by Crippen LogP contribution is 2.34. The molecule has 41 heavy (non-hydrogen) atoms. The summed E-state index contributed by atoms with van der Waals surface area (Å²) in [5.41, 5.74) is 2.12. The lowest BCUT2D eigenvalue weighted by Crippen LogP contribution is -2.49. The maximum Gasteiger partial charge on any atom is 0.416 e. The molecular weight excluding hydrogens is 553 g/mol. The number of rotatable bonds is 6. The molecule has 0 aliphatic carbocycles. The molecule has 2 aliphatic heterocycles. The van der Waals surface area contributed by atoms with Gasteiger partial charge >= 0.3 is 6.18 Å². The molecule has 216 valence electrons. The van der Waals surface area contributed by atoms with Gasteiger partial charge in [-0.2, -0.15) is 22.6 Å². The van der Waals surface area contributed by atoms with E-state index in [0.717, 1.165) is 55.4 Å². The van der Waals surface area contributed by atoms with E-state index in [-0.39, 0.29) is 12.5 Å². The van der Waals surface area contributed by atoms with Gasteiger partial charge in [-0.1, -0.05) is 24.3 Å². The second-order valence-corrected chi connectivity index (χ2v) is 11.5. The number of alkyl halides is 3. The molecule has 1 N–H and O–H groups in total. The van der Waals surface area contributed by atoms with E-state index in [1.165, 1.54) is 40.7 Å². The highest BCUT2D eigenvalue weighted by atomic mass is 32.1. The topological polar surface area (TPSA) is 77.7 Å². The summed E-state index contributed by atoms with van der Waals surface area (Å²) in [6.07, 6.45) is -4.54. The monoisotopic (exact) mass is 584 g/mol. The summed E-state index contributed by atoms with van der Waals surface area (Å²) in [4.78, 5) is 18.3. The number of fused-ring (bicyclic) bond motifs is 2. The highest BCUT2D eigenvalue weighted by molar-refractivity contribution is 7.13. The van der Waals surface area contributed by atoms with Gasteiger partial charge in [-0.15, -0.1) is 0 Å². The van der Waals surface area contributed by atoms with E-state index in [9.17, 15) is 23.1 Å². The van der Waals surface area contributed by atoms with Crippen molar-refractivity contribution in [3.63, 3.8) is 0 Å². The van der Waals surface area contributed by atoms with Crippen LogP contribution in [0.3, 0.4) is 0 Å². The quantitative estimate of drug-likeness (QED) is 0.365. The van der Waals surface area contributed by atoms with Gasteiger partial charge in [-0.25, -0.2) is 0 Å². The third-order valence-corrected chi connectivity index (χ3v) is 8.76. The van der Waals surface area contributed by atoms with E-state index >= 15 is 0 Å². The summed E-state index contributed by atoms with van der Waals surface area (Å²) < 4.78 is 47.0. The Morgan fingerprint density at radius 1 is 1.02 bits per heavy atom. The van der Waals surface area contributed by atoms with Crippen LogP contribution in [0.1, 0.15) is 23.7 Å². The lowest BCUT2D eigenvalue weighted by Gasteiger charge is -2.36. The van der Waals surface area contributed by atoms with E-state index in [1.807, 2.05) is 12.1 Å². The fourth-order valence-electron chi connectivity index (χ4n) is 5.76. The average Bonchev–Trinajstić information content (AvgIpc) is 3.54. The predicted molar refractivity (Wildman–Crippen MR) is 152 cm³/mol. The SMILES string of the molecule is CC(=O)N1CCc2c(c(-c3ccc(C(F)(F)F)cc3)nn2CC(O)CN2CCN(c3nsc4ccccc34)CC2)C1. The van der Waals surface area contributed by atoms with Gasteiger partial charge in [0, 0.05) is 81.4 Å². The van der Waals surface area contributed by atoms with Crippen LogP contribution in [0.25, 0.3) is 21.3 Å². The van der Waals surface area contributed by atoms with Crippen LogP contribution < -0.4 is 4.90 Å². The van der Waals surface area contributed by atoms with Crippen LogP contribution in [-0.4, -0.2) is 80.3 Å². The Morgan fingerprint density at radius 3 is 2.46 bits per heavy atom. The standard InChI is InChI=1S/C29H31F3N6O2S/c1-19(39)37-11-10-25-24(18-37)27(20-6-8-21(9-7-20)29(30,31)32)33-38(25)17-22(40)16-35-12-14-36(15-13-35)28-23-4-2-3-5-26(23)41-34-28/h2-9,22,40H,10-18H2,1H3. The minimum Gasteiger partial charge on any atom is -0.390 e. The number of piperazine rings is 1. The molecule has 1 fully saturated rings. The first-order valence-electron chi connectivity index (χ1n) is 13.7. The Morgan fingerprint density at radius 2 is 1.76 bits per heavy atom. The Bertz CT molecular complexity index is 1540. The number of β-amino-alcohol motifs (C(OH)–C–C–N with tert-alkyl or cyclic N) is 1. The average molecular weight is 585 g/mol. The largest absolute Gasteiger partial charge is 0.416 e. The van der Waals surface area contributed by atoms with E-state index in [2.05, 4.69) is 26.3 Å². The molecule has 4 heterocycles. The Kier molecular flexibility index (Phi) is 7.47. The first kappa shape index (κ1) is 27.7. The number of carbonyl (C=O) groups is 1. The molecule has 1 saturated heterocycles. The molecule has 1 unspecified atom stereocenters. The van der Waals surface area contributed by atoms with Crippen molar-refractivity contribution in [1.82, 2.24) is 24.0 Å². The molecule has 0 saturated carbocycles. The number of aliphatic hydroxyl groups is 1. The summed E-state index contributed by atoms with van der Waals surface area (Å²) in [5.74, 6) is 0.955. The van der Waals surface area contributed by atoms with Crippen molar-refractivity contribution < 1.29 is 23.1 Å². The number of anilines is 1. The van der Waals surface area contributed by atoms with Gasteiger partial charge in [0.2, 0.25) is 5.91 Å². The van der Waals surface area contributed by atoms with Crippen molar-refractivity contribution in [3.05, 3.63) is 65.4 Å². The summed E-state index contributed by atoms with van der Waals surface area (Å²) in [7, 11) is 0. The smallest absolute Gasteiger partial charge is 0.390 e. The molecule has 12 heteroatoms. The lowest BCUT2D eigenvalue weighted by atomic mass is 10.00. The van der Waals surface area contributed by atoms with Crippen molar-refractivity contribution in [3.8, 4) is 11.3 Å². The van der Waals surface area contributed by atoms with Gasteiger partial charge in [0.15, 0.2) is 0 Å². The summed E-state index contributed by atoms with van der Waals surface area (Å²) in [5, 5.41) is 17.0. The highest BCUT2D eigenvalue weighted by Gasteiger charge is 2.32. The zero-order valence-corrected chi connectivity index (χ0v) is 23.5. The van der Waals surface area contributed by atoms with Crippen molar-refractivity contribution in [2.75, 3.05) is 44.2 Å². The van der Waals surface area contributed by atoms with Gasteiger partial charge < -0.3 is 14.9 Å². The van der Waals surface area contributed by atoms with E-state index in [4.69, 9.17) is 5.10 Å². The van der Waals surface area contributed by atoms with Crippen molar-refractivity contribution in [2.24, 2.45) is 0 Å². The number of amides is 1. The molecule has 0 radical (unpaired) electrons. The number of aliphatic hydroxyl groups excluding tert-OH is 1. The molecule has 2 aromatic carbocycles. The fourth-order valence-corrected chi connectivity index (χ4v) is 6.55. The number of benzene rings is 2. The van der Waals surface area contributed by atoms with E-state index in [1.54, 1.807) is 9.58 Å². The minimum absolute atomic E-state index is 0.0633. The van der Waals surface area contributed by atoms with Crippen LogP contribution >= 0.6 is 11.5 Å². The number of halogens is 3. The zero-order valence-electron chi connectivity index (χ0n) is 22.6. The third-order valence-electron chi connectivity index (χ3n) is 7.95. The second-order valence-electron chi connectivity index (χ2n) is 10.7. The minimum atomic E-state index is -4.42. The number of aromatic nitrogens is 3. The van der Waals surface area contributed by atoms with Crippen molar-refractivity contribution >= 4 is 33.3 Å². The van der Waals surface area contributed by atoms with Crippen LogP contribution in [0, 0.1) is 0 Å². The van der Waals surface area contributed by atoms with Crippen LogP contribution in [0.15, 0.2) is 48.5 Å². The number of carbonyl (C=O) groups excluding carboxylic acids is 1. The molecule has 8 nitrogen and oxygen atoms in total. The molecule has 1 amide bonds. The van der Waals surface area contributed by atoms with E-state index in [0.29, 0.717) is 37.3 Å². The normalized spacial score (nSPS) is 17.2. The van der Waals surface area contributed by atoms with Gasteiger partial charge in [0.05, 0.1) is 28.6 Å². The molecule has 2 aliphatic rings. The molecule has 6 rings (SSSR count). The maximum absolute atomic E-state index is 13.1. The van der Waals surface area contributed by atoms with Gasteiger partial charge in [0.25, 0.3) is 0 Å². The molecule has 0 bridgehead atoms. The van der Waals surface area contributed by atoms with E-state index < -0.39 is 17.8 Å². The van der Waals surface area contributed by atoms with Crippen LogP contribution in [0.2, 0.25) is 0 Å². The van der Waals surface area contributed by atoms with Crippen molar-refractivity contribution in [2.45, 2.75) is 38.7 Å². The van der Waals surface area contributed by atoms with Crippen LogP contribution in [-0.2, 0) is 30.5 Å². The number of hydrogen-bond acceptors (Lipinski definition) is 7. The maximum atomic E-state index is 13.1. The fraction of sp³-hybridized carbons (Fsp3) is 0.414. The summed E-state index contributed by atoms with van der Waals surface area (Å²) in [6, 6.07) is 13.2.